The van der Waals surface area contributed by atoms with Crippen LogP contribution in [0.2, 0.25) is 0 Å². The first kappa shape index (κ1) is 12.0. The summed E-state index contributed by atoms with van der Waals surface area (Å²) < 4.78 is 5.14. The van der Waals surface area contributed by atoms with Gasteiger partial charge in [-0.25, -0.2) is 0 Å². The molecule has 0 aromatic carbocycles. The van der Waals surface area contributed by atoms with Gasteiger partial charge in [-0.3, -0.25) is 4.90 Å². The lowest BCUT2D eigenvalue weighted by molar-refractivity contribution is 0.0244. The summed E-state index contributed by atoms with van der Waals surface area (Å²) in [6.07, 6.45) is 2.55. The highest BCUT2D eigenvalue weighted by Crippen LogP contribution is 2.16. The van der Waals surface area contributed by atoms with E-state index in [4.69, 9.17) is 4.74 Å². The summed E-state index contributed by atoms with van der Waals surface area (Å²) in [6, 6.07) is 1.41. The van der Waals surface area contributed by atoms with Crippen LogP contribution in [-0.4, -0.2) is 55.9 Å². The lowest BCUT2D eigenvalue weighted by Gasteiger charge is -2.38. The van der Waals surface area contributed by atoms with E-state index in [-0.39, 0.29) is 0 Å². The molecule has 0 aliphatic carbocycles. The summed E-state index contributed by atoms with van der Waals surface area (Å²) in [5.74, 6) is 0. The van der Waals surface area contributed by atoms with E-state index in [0.29, 0.717) is 12.1 Å². The average molecular weight is 200 g/mol. The Morgan fingerprint density at radius 1 is 1.36 bits per heavy atom. The molecule has 1 aliphatic heterocycles. The van der Waals surface area contributed by atoms with Crippen molar-refractivity contribution in [3.05, 3.63) is 0 Å². The Bertz CT molecular complexity index is 153. The molecule has 1 fully saturated rings. The summed E-state index contributed by atoms with van der Waals surface area (Å²) >= 11 is 0. The number of hydrogen-bond donors (Lipinski definition) is 0. The van der Waals surface area contributed by atoms with E-state index in [2.05, 4.69) is 30.7 Å². The molecule has 0 unspecified atom stereocenters. The number of ether oxygens (including phenoxy) is 1. The molecule has 0 spiro atoms. The van der Waals surface area contributed by atoms with Crippen molar-refractivity contribution in [3.63, 3.8) is 0 Å². The van der Waals surface area contributed by atoms with Crippen LogP contribution in [0.1, 0.15) is 26.7 Å². The van der Waals surface area contributed by atoms with Gasteiger partial charge in [0, 0.05) is 19.2 Å². The van der Waals surface area contributed by atoms with Crippen LogP contribution >= 0.6 is 0 Å². The van der Waals surface area contributed by atoms with E-state index in [1.807, 2.05) is 0 Å². The fraction of sp³-hybridized carbons (Fsp3) is 1.00. The van der Waals surface area contributed by atoms with Gasteiger partial charge < -0.3 is 9.64 Å². The first-order valence-electron chi connectivity index (χ1n) is 5.58. The molecule has 1 saturated heterocycles. The van der Waals surface area contributed by atoms with Crippen LogP contribution in [-0.2, 0) is 4.74 Å². The molecule has 14 heavy (non-hydrogen) atoms. The Morgan fingerprint density at radius 3 is 2.36 bits per heavy atom. The molecule has 0 atom stereocenters. The van der Waals surface area contributed by atoms with Gasteiger partial charge in [0.05, 0.1) is 6.73 Å². The first-order chi connectivity index (χ1) is 6.65. The van der Waals surface area contributed by atoms with Crippen molar-refractivity contribution in [1.29, 1.82) is 0 Å². The Kier molecular flexibility index (Phi) is 4.85. The van der Waals surface area contributed by atoms with Crippen molar-refractivity contribution in [2.24, 2.45) is 0 Å². The Balaban J connectivity index is 2.28. The minimum absolute atomic E-state index is 0.698. The van der Waals surface area contributed by atoms with E-state index in [1.54, 1.807) is 7.11 Å². The smallest absolute Gasteiger partial charge is 0.0986 e. The number of nitrogens with zero attached hydrogens (tertiary/aromatic N) is 2. The zero-order valence-corrected chi connectivity index (χ0v) is 9.99. The second-order valence-corrected chi connectivity index (χ2v) is 4.54. The van der Waals surface area contributed by atoms with Crippen LogP contribution < -0.4 is 0 Å². The molecule has 0 aromatic rings. The maximum Gasteiger partial charge on any atom is 0.0986 e. The molecule has 1 heterocycles. The van der Waals surface area contributed by atoms with Crippen molar-refractivity contribution in [1.82, 2.24) is 9.80 Å². The monoisotopic (exact) mass is 200 g/mol. The lowest BCUT2D eigenvalue weighted by Crippen LogP contribution is -2.46. The topological polar surface area (TPSA) is 15.7 Å². The van der Waals surface area contributed by atoms with Gasteiger partial charge in [-0.2, -0.15) is 0 Å². The molecule has 84 valence electrons. The highest BCUT2D eigenvalue weighted by Gasteiger charge is 2.23. The second kappa shape index (κ2) is 5.69. The zero-order valence-electron chi connectivity index (χ0n) is 9.99. The minimum atomic E-state index is 0.698. The molecule has 1 rings (SSSR count). The van der Waals surface area contributed by atoms with Crippen LogP contribution in [0.25, 0.3) is 0 Å². The molecule has 0 aromatic heterocycles. The van der Waals surface area contributed by atoms with Gasteiger partial charge in [0.25, 0.3) is 0 Å². The van der Waals surface area contributed by atoms with Crippen molar-refractivity contribution < 1.29 is 4.74 Å². The summed E-state index contributed by atoms with van der Waals surface area (Å²) in [6.45, 7) is 7.78. The fourth-order valence-corrected chi connectivity index (χ4v) is 2.15. The summed E-state index contributed by atoms with van der Waals surface area (Å²) in [5.41, 5.74) is 0. The molecule has 0 radical (unpaired) electrons. The molecule has 1 aliphatic rings. The largest absolute Gasteiger partial charge is 0.369 e. The molecule has 0 saturated carbocycles. The van der Waals surface area contributed by atoms with Crippen molar-refractivity contribution in [3.8, 4) is 0 Å². The molecule has 0 bridgehead atoms. The number of likely N-dealkylation sites (tertiary alicyclic amines) is 1. The fourth-order valence-electron chi connectivity index (χ4n) is 2.15. The van der Waals surface area contributed by atoms with Crippen LogP contribution in [0, 0.1) is 0 Å². The van der Waals surface area contributed by atoms with Gasteiger partial charge in [-0.1, -0.05) is 0 Å². The van der Waals surface area contributed by atoms with Gasteiger partial charge in [-0.15, -0.1) is 0 Å². The van der Waals surface area contributed by atoms with E-state index in [1.165, 1.54) is 25.9 Å². The predicted octanol–water partition coefficient (Wildman–Crippen LogP) is 1.39. The molecular weight excluding hydrogens is 176 g/mol. The van der Waals surface area contributed by atoms with E-state index in [0.717, 1.165) is 6.73 Å². The number of piperidine rings is 1. The third-order valence-corrected chi connectivity index (χ3v) is 3.19. The minimum Gasteiger partial charge on any atom is -0.369 e. The van der Waals surface area contributed by atoms with Gasteiger partial charge >= 0.3 is 0 Å². The Morgan fingerprint density at radius 2 is 1.93 bits per heavy atom. The summed E-state index contributed by atoms with van der Waals surface area (Å²) in [5, 5.41) is 0. The third kappa shape index (κ3) is 3.23. The van der Waals surface area contributed by atoms with E-state index in [9.17, 15) is 0 Å². The number of rotatable bonds is 4. The zero-order chi connectivity index (χ0) is 10.6. The van der Waals surface area contributed by atoms with Crippen LogP contribution in [0.5, 0.6) is 0 Å². The number of methoxy groups -OCH3 is 1. The maximum absolute atomic E-state index is 5.14. The summed E-state index contributed by atoms with van der Waals surface area (Å²) in [7, 11) is 3.92. The predicted molar refractivity (Wildman–Crippen MR) is 59.4 cm³/mol. The standard InChI is InChI=1S/C11H24N2O/c1-10(2)13-7-5-11(6-8-13)12(3)9-14-4/h10-11H,5-9H2,1-4H3. The molecule has 0 N–H and O–H groups in total. The van der Waals surface area contributed by atoms with Crippen LogP contribution in [0.3, 0.4) is 0 Å². The van der Waals surface area contributed by atoms with Crippen LogP contribution in [0.15, 0.2) is 0 Å². The number of hydrogen-bond acceptors (Lipinski definition) is 3. The second-order valence-electron chi connectivity index (χ2n) is 4.54. The quantitative estimate of drug-likeness (QED) is 0.638. The van der Waals surface area contributed by atoms with Gasteiger partial charge in [0.15, 0.2) is 0 Å². The normalized spacial score (nSPS) is 21.0. The van der Waals surface area contributed by atoms with Crippen molar-refractivity contribution in [2.75, 3.05) is 34.0 Å². The van der Waals surface area contributed by atoms with Crippen molar-refractivity contribution >= 4 is 0 Å². The molecule has 0 amide bonds. The summed E-state index contributed by atoms with van der Waals surface area (Å²) in [4.78, 5) is 4.87. The van der Waals surface area contributed by atoms with Gasteiger partial charge in [0.2, 0.25) is 0 Å². The molecule has 3 heteroatoms. The third-order valence-electron chi connectivity index (χ3n) is 3.19. The lowest BCUT2D eigenvalue weighted by atomic mass is 10.0. The molecular formula is C11H24N2O. The van der Waals surface area contributed by atoms with Crippen LogP contribution in [0.4, 0.5) is 0 Å². The van der Waals surface area contributed by atoms with Crippen molar-refractivity contribution in [2.45, 2.75) is 38.8 Å². The SMILES string of the molecule is COCN(C)C1CCN(C(C)C)CC1. The van der Waals surface area contributed by atoms with E-state index >= 15 is 0 Å². The first-order valence-corrected chi connectivity index (χ1v) is 5.58. The Hall–Kier alpha value is -0.120. The highest BCUT2D eigenvalue weighted by atomic mass is 16.5. The van der Waals surface area contributed by atoms with E-state index < -0.39 is 0 Å². The molecule has 3 nitrogen and oxygen atoms in total. The maximum atomic E-state index is 5.14. The highest BCUT2D eigenvalue weighted by molar-refractivity contribution is 4.78. The van der Waals surface area contributed by atoms with Gasteiger partial charge in [-0.05, 0) is 46.8 Å². The van der Waals surface area contributed by atoms with Gasteiger partial charge in [0.1, 0.15) is 0 Å². The Labute approximate surface area is 88.0 Å². The average Bonchev–Trinajstić information content (AvgIpc) is 2.18.